The molecule has 22 heavy (non-hydrogen) atoms. The van der Waals surface area contributed by atoms with Crippen LogP contribution < -0.4 is 5.30 Å². The van der Waals surface area contributed by atoms with Gasteiger partial charge in [0.15, 0.2) is 0 Å². The van der Waals surface area contributed by atoms with Gasteiger partial charge in [0.2, 0.25) is 0 Å². The molecule has 0 aliphatic carbocycles. The monoisotopic (exact) mass is 308 g/mol. The SMILES string of the molecule is Cc1cc(C)c(P2C(c3ccccc3)=C2C(C)(C)C)c(C)c1. The summed E-state index contributed by atoms with van der Waals surface area (Å²) in [7, 11) is -0.257. The summed E-state index contributed by atoms with van der Waals surface area (Å²) in [6, 6.07) is 15.6. The molecule has 0 spiro atoms. The third kappa shape index (κ3) is 2.66. The lowest BCUT2D eigenvalue weighted by Gasteiger charge is -2.18. The van der Waals surface area contributed by atoms with Crippen LogP contribution in [0.4, 0.5) is 0 Å². The van der Waals surface area contributed by atoms with Gasteiger partial charge in [-0.3, -0.25) is 0 Å². The Balaban J connectivity index is 2.11. The second-order valence-corrected chi connectivity index (χ2v) is 9.41. The predicted octanol–water partition coefficient (Wildman–Crippen LogP) is 6.15. The van der Waals surface area contributed by atoms with Crippen molar-refractivity contribution in [2.45, 2.75) is 41.5 Å². The van der Waals surface area contributed by atoms with Gasteiger partial charge in [0.25, 0.3) is 0 Å². The Bertz CT molecular complexity index is 722. The van der Waals surface area contributed by atoms with E-state index >= 15 is 0 Å². The molecular weight excluding hydrogens is 283 g/mol. The number of hydrogen-bond acceptors (Lipinski definition) is 0. The highest BCUT2D eigenvalue weighted by Gasteiger charge is 2.45. The summed E-state index contributed by atoms with van der Waals surface area (Å²) in [5, 5.41) is 4.87. The number of hydrogen-bond donors (Lipinski definition) is 0. The van der Waals surface area contributed by atoms with Gasteiger partial charge in [-0.1, -0.05) is 68.8 Å². The minimum Gasteiger partial charge on any atom is -0.0622 e. The molecule has 114 valence electrons. The van der Waals surface area contributed by atoms with E-state index in [1.165, 1.54) is 22.3 Å². The lowest BCUT2D eigenvalue weighted by molar-refractivity contribution is 0.540. The second kappa shape index (κ2) is 5.36. The standard InChI is InChI=1S/C21H25P/c1-14-12-15(2)18(16(3)13-14)22-19(20(22)21(4,5)6)17-10-8-7-9-11-17/h7-13H,1-6H3. The molecule has 1 aliphatic heterocycles. The van der Waals surface area contributed by atoms with Crippen molar-refractivity contribution in [3.8, 4) is 0 Å². The summed E-state index contributed by atoms with van der Waals surface area (Å²) >= 11 is 0. The third-order valence-corrected chi connectivity index (χ3v) is 7.44. The van der Waals surface area contributed by atoms with Crippen molar-refractivity contribution in [3.05, 3.63) is 70.0 Å². The summed E-state index contributed by atoms with van der Waals surface area (Å²) in [6.45, 7) is 13.8. The van der Waals surface area contributed by atoms with Gasteiger partial charge in [-0.2, -0.15) is 0 Å². The lowest BCUT2D eigenvalue weighted by Crippen LogP contribution is -2.09. The van der Waals surface area contributed by atoms with E-state index in [0.29, 0.717) is 0 Å². The first kappa shape index (κ1) is 15.5. The fraction of sp³-hybridized carbons (Fsp3) is 0.333. The van der Waals surface area contributed by atoms with Crippen LogP contribution in [-0.4, -0.2) is 0 Å². The van der Waals surface area contributed by atoms with Crippen LogP contribution in [-0.2, 0) is 0 Å². The number of rotatable bonds is 2. The molecule has 0 fully saturated rings. The summed E-state index contributed by atoms with van der Waals surface area (Å²) in [5.74, 6) is 0. The van der Waals surface area contributed by atoms with Crippen LogP contribution in [0.25, 0.3) is 5.31 Å². The first-order chi connectivity index (χ1) is 10.3. The van der Waals surface area contributed by atoms with Crippen molar-refractivity contribution in [2.24, 2.45) is 5.41 Å². The maximum atomic E-state index is 2.35. The molecule has 0 saturated carbocycles. The van der Waals surface area contributed by atoms with Crippen molar-refractivity contribution in [3.63, 3.8) is 0 Å². The molecule has 0 aromatic heterocycles. The van der Waals surface area contributed by atoms with Crippen LogP contribution >= 0.6 is 7.92 Å². The van der Waals surface area contributed by atoms with Crippen molar-refractivity contribution >= 4 is 18.5 Å². The highest BCUT2D eigenvalue weighted by atomic mass is 31.1. The lowest BCUT2D eigenvalue weighted by atomic mass is 9.95. The molecule has 0 saturated heterocycles. The summed E-state index contributed by atoms with van der Waals surface area (Å²) in [6.07, 6.45) is 0. The zero-order chi connectivity index (χ0) is 16.1. The Morgan fingerprint density at radius 1 is 0.818 bits per heavy atom. The van der Waals surface area contributed by atoms with Crippen LogP contribution in [0.3, 0.4) is 0 Å². The van der Waals surface area contributed by atoms with Crippen LogP contribution in [0.1, 0.15) is 43.0 Å². The zero-order valence-corrected chi connectivity index (χ0v) is 15.4. The van der Waals surface area contributed by atoms with Gasteiger partial charge >= 0.3 is 0 Å². The van der Waals surface area contributed by atoms with Crippen molar-refractivity contribution < 1.29 is 0 Å². The van der Waals surface area contributed by atoms with E-state index in [-0.39, 0.29) is 13.3 Å². The summed E-state index contributed by atoms with van der Waals surface area (Å²) < 4.78 is 0. The summed E-state index contributed by atoms with van der Waals surface area (Å²) in [5.41, 5.74) is 5.94. The molecular formula is C21H25P. The van der Waals surface area contributed by atoms with Gasteiger partial charge in [-0.25, -0.2) is 0 Å². The van der Waals surface area contributed by atoms with Crippen LogP contribution in [0, 0.1) is 26.2 Å². The van der Waals surface area contributed by atoms with Crippen LogP contribution in [0.15, 0.2) is 47.8 Å². The molecule has 0 nitrogen and oxygen atoms in total. The third-order valence-electron chi connectivity index (χ3n) is 4.24. The van der Waals surface area contributed by atoms with E-state index in [9.17, 15) is 0 Å². The van der Waals surface area contributed by atoms with E-state index in [2.05, 4.69) is 84.0 Å². The molecule has 0 bridgehead atoms. The molecule has 1 unspecified atom stereocenters. The smallest absolute Gasteiger partial charge is 0.00325 e. The van der Waals surface area contributed by atoms with Gasteiger partial charge in [0.1, 0.15) is 0 Å². The number of aryl methyl sites for hydroxylation is 3. The maximum absolute atomic E-state index is 2.35. The van der Waals surface area contributed by atoms with Crippen LogP contribution in [0.2, 0.25) is 0 Å². The van der Waals surface area contributed by atoms with E-state index < -0.39 is 0 Å². The molecule has 3 rings (SSSR count). The molecule has 1 aliphatic rings. The molecule has 1 atom stereocenters. The van der Waals surface area contributed by atoms with Gasteiger partial charge in [0, 0.05) is 0 Å². The molecule has 0 amide bonds. The van der Waals surface area contributed by atoms with Gasteiger partial charge in [-0.15, -0.1) is 0 Å². The Morgan fingerprint density at radius 2 is 1.36 bits per heavy atom. The molecule has 0 radical (unpaired) electrons. The van der Waals surface area contributed by atoms with E-state index in [0.717, 1.165) is 0 Å². The van der Waals surface area contributed by atoms with E-state index in [1.54, 1.807) is 15.9 Å². The topological polar surface area (TPSA) is 0 Å². The Labute approximate surface area is 136 Å². The fourth-order valence-electron chi connectivity index (χ4n) is 3.47. The van der Waals surface area contributed by atoms with Gasteiger partial charge in [-0.05, 0) is 66.7 Å². The van der Waals surface area contributed by atoms with Crippen LogP contribution in [0.5, 0.6) is 0 Å². The van der Waals surface area contributed by atoms with Crippen molar-refractivity contribution in [2.75, 3.05) is 0 Å². The summed E-state index contributed by atoms with van der Waals surface area (Å²) in [4.78, 5) is 0. The Kier molecular flexibility index (Phi) is 3.77. The molecule has 1 heterocycles. The minimum absolute atomic E-state index is 0.251. The minimum atomic E-state index is -0.257. The van der Waals surface area contributed by atoms with E-state index in [1.807, 2.05) is 0 Å². The predicted molar refractivity (Wildman–Crippen MR) is 100 cm³/mol. The molecule has 2 aromatic carbocycles. The normalized spacial score (nSPS) is 17.8. The van der Waals surface area contributed by atoms with Crippen molar-refractivity contribution in [1.29, 1.82) is 0 Å². The van der Waals surface area contributed by atoms with Gasteiger partial charge < -0.3 is 0 Å². The first-order valence-electron chi connectivity index (χ1n) is 7.99. The first-order valence-corrected chi connectivity index (χ1v) is 9.33. The van der Waals surface area contributed by atoms with Gasteiger partial charge in [0.05, 0.1) is 0 Å². The number of allylic oxidation sites excluding steroid dienone is 1. The maximum Gasteiger partial charge on any atom is -0.00325 e. The quantitative estimate of drug-likeness (QED) is 0.584. The fourth-order valence-corrected chi connectivity index (χ4v) is 6.77. The highest BCUT2D eigenvalue weighted by Crippen LogP contribution is 2.78. The highest BCUT2D eigenvalue weighted by molar-refractivity contribution is 7.88. The Morgan fingerprint density at radius 3 is 1.86 bits per heavy atom. The molecule has 2 aromatic rings. The Hall–Kier alpha value is -1.39. The zero-order valence-electron chi connectivity index (χ0n) is 14.5. The average Bonchev–Trinajstić information content (AvgIpc) is 3.13. The second-order valence-electron chi connectivity index (χ2n) is 7.40. The largest absolute Gasteiger partial charge is 0.0622 e. The molecule has 1 heteroatoms. The number of benzene rings is 2. The van der Waals surface area contributed by atoms with E-state index in [4.69, 9.17) is 0 Å². The average molecular weight is 308 g/mol. The van der Waals surface area contributed by atoms with Crippen molar-refractivity contribution in [1.82, 2.24) is 0 Å². The molecule has 0 N–H and O–H groups in total.